The third kappa shape index (κ3) is 2.34. The van der Waals surface area contributed by atoms with Gasteiger partial charge in [-0.1, -0.05) is 13.0 Å². The van der Waals surface area contributed by atoms with Crippen molar-refractivity contribution in [2.75, 3.05) is 0 Å². The molecule has 2 fully saturated rings. The molecule has 0 radical (unpaired) electrons. The van der Waals surface area contributed by atoms with Crippen LogP contribution in [-0.4, -0.2) is 20.2 Å². The van der Waals surface area contributed by atoms with E-state index in [1.807, 2.05) is 6.07 Å². The zero-order valence-electron chi connectivity index (χ0n) is 12.7. The van der Waals surface area contributed by atoms with Gasteiger partial charge in [-0.05, 0) is 54.7 Å². The molecule has 2 bridgehead atoms. The van der Waals surface area contributed by atoms with Gasteiger partial charge in [0.15, 0.2) is 0 Å². The number of nitrogens with one attached hydrogen (secondary N) is 2. The predicted molar refractivity (Wildman–Crippen MR) is 87.0 cm³/mol. The minimum Gasteiger partial charge on any atom is -0.313 e. The van der Waals surface area contributed by atoms with E-state index in [0.29, 0.717) is 23.1 Å². The zero-order chi connectivity index (χ0) is 16.0. The van der Waals surface area contributed by atoms with Crippen LogP contribution >= 0.6 is 0 Å². The quantitative estimate of drug-likeness (QED) is 0.908. The average molecular weight is 310 g/mol. The molecule has 2 saturated carbocycles. The van der Waals surface area contributed by atoms with E-state index < -0.39 is 11.2 Å². The summed E-state index contributed by atoms with van der Waals surface area (Å²) in [7, 11) is 0. The van der Waals surface area contributed by atoms with Gasteiger partial charge in [0.25, 0.3) is 5.56 Å². The van der Waals surface area contributed by atoms with E-state index in [1.165, 1.54) is 31.9 Å². The monoisotopic (exact) mass is 310 g/mol. The first-order chi connectivity index (χ1) is 11.2. The van der Waals surface area contributed by atoms with E-state index in [9.17, 15) is 9.59 Å². The van der Waals surface area contributed by atoms with Gasteiger partial charge in [-0.25, -0.2) is 4.79 Å². The maximum Gasteiger partial charge on any atom is 0.325 e. The molecule has 0 amide bonds. The minimum absolute atomic E-state index is 0.331. The van der Waals surface area contributed by atoms with Gasteiger partial charge in [-0.3, -0.25) is 9.78 Å². The van der Waals surface area contributed by atoms with Crippen LogP contribution in [0.25, 0.3) is 17.3 Å². The van der Waals surface area contributed by atoms with E-state index in [4.69, 9.17) is 0 Å². The summed E-state index contributed by atoms with van der Waals surface area (Å²) in [6.07, 6.45) is 8.19. The van der Waals surface area contributed by atoms with Crippen LogP contribution < -0.4 is 11.2 Å². The molecule has 118 valence electrons. The molecule has 0 spiro atoms. The van der Waals surface area contributed by atoms with Crippen LogP contribution in [0, 0.1) is 11.8 Å². The van der Waals surface area contributed by atoms with Crippen molar-refractivity contribution in [3.8, 4) is 11.3 Å². The molecule has 0 aromatic carbocycles. The SMILES string of the molecule is C=Cc1nnc(-c2c[nH]c(=O)[nH]c2=O)cc1[C@@H]1C[C@@H]2CC[C@H]1C2. The van der Waals surface area contributed by atoms with E-state index in [2.05, 4.69) is 26.7 Å². The Morgan fingerprint density at radius 2 is 2.09 bits per heavy atom. The second kappa shape index (κ2) is 5.30. The average Bonchev–Trinajstić information content (AvgIpc) is 3.17. The van der Waals surface area contributed by atoms with Gasteiger partial charge in [-0.2, -0.15) is 5.10 Å². The maximum atomic E-state index is 12.0. The summed E-state index contributed by atoms with van der Waals surface area (Å²) >= 11 is 0. The number of hydrogen-bond acceptors (Lipinski definition) is 4. The molecule has 6 nitrogen and oxygen atoms in total. The lowest BCUT2D eigenvalue weighted by Crippen LogP contribution is -2.23. The number of aromatic amines is 2. The number of hydrogen-bond donors (Lipinski definition) is 2. The van der Waals surface area contributed by atoms with Gasteiger partial charge in [0.2, 0.25) is 0 Å². The lowest BCUT2D eigenvalue weighted by Gasteiger charge is -2.23. The van der Waals surface area contributed by atoms with Gasteiger partial charge in [0.05, 0.1) is 11.3 Å². The molecule has 2 aliphatic rings. The Morgan fingerprint density at radius 1 is 1.22 bits per heavy atom. The molecule has 2 N–H and O–H groups in total. The van der Waals surface area contributed by atoms with Gasteiger partial charge in [-0.15, -0.1) is 5.10 Å². The van der Waals surface area contributed by atoms with Crippen molar-refractivity contribution in [1.82, 2.24) is 20.2 Å². The third-order valence-electron chi connectivity index (χ3n) is 5.28. The second-order valence-electron chi connectivity index (χ2n) is 6.54. The fourth-order valence-corrected chi connectivity index (χ4v) is 4.23. The van der Waals surface area contributed by atoms with E-state index in [-0.39, 0.29) is 0 Å². The largest absolute Gasteiger partial charge is 0.325 e. The third-order valence-corrected chi connectivity index (χ3v) is 5.28. The number of H-pyrrole nitrogens is 2. The van der Waals surface area contributed by atoms with Crippen LogP contribution in [0.3, 0.4) is 0 Å². The predicted octanol–water partition coefficient (Wildman–Crippen LogP) is 2.07. The van der Waals surface area contributed by atoms with Gasteiger partial charge in [0, 0.05) is 6.20 Å². The normalized spacial score (nSPS) is 25.7. The molecule has 23 heavy (non-hydrogen) atoms. The fourth-order valence-electron chi connectivity index (χ4n) is 4.23. The van der Waals surface area contributed by atoms with Crippen LogP contribution in [0.5, 0.6) is 0 Å². The van der Waals surface area contributed by atoms with Crippen LogP contribution in [0.15, 0.2) is 28.4 Å². The summed E-state index contributed by atoms with van der Waals surface area (Å²) in [5, 5.41) is 8.39. The first-order valence-corrected chi connectivity index (χ1v) is 7.98. The van der Waals surface area contributed by atoms with Crippen molar-refractivity contribution in [3.63, 3.8) is 0 Å². The van der Waals surface area contributed by atoms with Gasteiger partial charge >= 0.3 is 5.69 Å². The van der Waals surface area contributed by atoms with E-state index in [0.717, 1.165) is 17.2 Å². The molecule has 6 heteroatoms. The smallest absolute Gasteiger partial charge is 0.313 e. The number of nitrogens with zero attached hydrogens (tertiary/aromatic N) is 2. The minimum atomic E-state index is -0.525. The first-order valence-electron chi connectivity index (χ1n) is 7.98. The van der Waals surface area contributed by atoms with Crippen molar-refractivity contribution >= 4 is 6.08 Å². The lowest BCUT2D eigenvalue weighted by molar-refractivity contribution is 0.418. The molecule has 2 aromatic rings. The molecule has 4 rings (SSSR count). The van der Waals surface area contributed by atoms with Crippen molar-refractivity contribution in [2.24, 2.45) is 11.8 Å². The fraction of sp³-hybridized carbons (Fsp3) is 0.412. The van der Waals surface area contributed by atoms with Crippen LogP contribution in [-0.2, 0) is 0 Å². The van der Waals surface area contributed by atoms with Crippen LogP contribution in [0.1, 0.15) is 42.9 Å². The van der Waals surface area contributed by atoms with E-state index in [1.54, 1.807) is 6.08 Å². The molecular weight excluding hydrogens is 292 g/mol. The number of fused-ring (bicyclic) bond motifs is 2. The van der Waals surface area contributed by atoms with Crippen LogP contribution in [0.4, 0.5) is 0 Å². The number of rotatable bonds is 3. The second-order valence-corrected chi connectivity index (χ2v) is 6.54. The summed E-state index contributed by atoms with van der Waals surface area (Å²) < 4.78 is 0. The molecule has 3 atom stereocenters. The van der Waals surface area contributed by atoms with E-state index >= 15 is 0 Å². The highest BCUT2D eigenvalue weighted by Crippen LogP contribution is 2.53. The Hall–Kier alpha value is -2.50. The Labute approximate surface area is 132 Å². The molecule has 0 unspecified atom stereocenters. The Bertz CT molecular complexity index is 883. The van der Waals surface area contributed by atoms with Crippen molar-refractivity contribution in [3.05, 3.63) is 50.9 Å². The summed E-state index contributed by atoms with van der Waals surface area (Å²) in [5.41, 5.74) is 1.77. The highest BCUT2D eigenvalue weighted by Gasteiger charge is 2.41. The molecule has 0 aliphatic heterocycles. The highest BCUT2D eigenvalue weighted by atomic mass is 16.2. The molecule has 0 saturated heterocycles. The zero-order valence-corrected chi connectivity index (χ0v) is 12.7. The summed E-state index contributed by atoms with van der Waals surface area (Å²) in [4.78, 5) is 27.9. The standard InChI is InChI=1S/C17H18N4O2/c1-2-14-12(11-6-9-3-4-10(11)5-9)7-15(21-20-14)13-8-18-17(23)19-16(13)22/h2,7-11H,1,3-6H2,(H2,18,19,22,23)/t9-,10+,11-/m1/s1. The first kappa shape index (κ1) is 14.1. The number of aromatic nitrogens is 4. The highest BCUT2D eigenvalue weighted by molar-refractivity contribution is 5.60. The summed E-state index contributed by atoms with van der Waals surface area (Å²) in [5.74, 6) is 1.98. The Balaban J connectivity index is 1.81. The summed E-state index contributed by atoms with van der Waals surface area (Å²) in [6, 6.07) is 1.94. The van der Waals surface area contributed by atoms with Crippen molar-refractivity contribution < 1.29 is 0 Å². The Morgan fingerprint density at radius 3 is 2.74 bits per heavy atom. The van der Waals surface area contributed by atoms with Gasteiger partial charge in [0.1, 0.15) is 5.69 Å². The molecular formula is C17H18N4O2. The molecule has 2 aromatic heterocycles. The maximum absolute atomic E-state index is 12.0. The Kier molecular flexibility index (Phi) is 3.25. The summed E-state index contributed by atoms with van der Waals surface area (Å²) in [6.45, 7) is 3.84. The lowest BCUT2D eigenvalue weighted by atomic mass is 9.82. The van der Waals surface area contributed by atoms with Crippen molar-refractivity contribution in [2.45, 2.75) is 31.6 Å². The topological polar surface area (TPSA) is 91.5 Å². The van der Waals surface area contributed by atoms with Crippen LogP contribution in [0.2, 0.25) is 0 Å². The molecule has 2 heterocycles. The van der Waals surface area contributed by atoms with Gasteiger partial charge < -0.3 is 4.98 Å². The van der Waals surface area contributed by atoms with Crippen molar-refractivity contribution in [1.29, 1.82) is 0 Å². The molecule has 2 aliphatic carbocycles.